The zero-order valence-electron chi connectivity index (χ0n) is 10.6. The van der Waals surface area contributed by atoms with Gasteiger partial charge in [0.2, 0.25) is 0 Å². The summed E-state index contributed by atoms with van der Waals surface area (Å²) in [5.41, 5.74) is 8.12. The highest BCUT2D eigenvalue weighted by atomic mass is 16.5. The summed E-state index contributed by atoms with van der Waals surface area (Å²) in [6.45, 7) is 4.11. The van der Waals surface area contributed by atoms with Crippen LogP contribution in [-0.4, -0.2) is 47.4 Å². The highest BCUT2D eigenvalue weighted by molar-refractivity contribution is 5.80. The summed E-state index contributed by atoms with van der Waals surface area (Å²) in [5.74, 6) is 0.593. The minimum absolute atomic E-state index is 0.193. The number of aryl methyl sites for hydroxylation is 2. The largest absolute Gasteiger partial charge is 0.383 e. The Bertz CT molecular complexity index is 425. The summed E-state index contributed by atoms with van der Waals surface area (Å²) in [7, 11) is 3.61. The molecular weight excluding hydrogens is 218 g/mol. The van der Waals surface area contributed by atoms with Gasteiger partial charge >= 0.3 is 0 Å². The lowest BCUT2D eigenvalue weighted by Crippen LogP contribution is -2.38. The first-order chi connectivity index (χ1) is 8.13. The van der Waals surface area contributed by atoms with E-state index in [2.05, 4.69) is 15.0 Å². The van der Waals surface area contributed by atoms with E-state index in [1.807, 2.05) is 24.9 Å². The second-order valence-corrected chi connectivity index (χ2v) is 4.24. The van der Waals surface area contributed by atoms with Gasteiger partial charge < -0.3 is 15.4 Å². The lowest BCUT2D eigenvalue weighted by atomic mass is 10.1. The summed E-state index contributed by atoms with van der Waals surface area (Å²) in [6, 6.07) is 0.193. The molecule has 6 heteroatoms. The molecule has 94 valence electrons. The van der Waals surface area contributed by atoms with Crippen molar-refractivity contribution in [3.63, 3.8) is 0 Å². The monoisotopic (exact) mass is 237 g/mol. The first-order valence-electron chi connectivity index (χ1n) is 5.69. The molecule has 0 spiro atoms. The molecule has 6 nitrogen and oxygen atoms in total. The second-order valence-electron chi connectivity index (χ2n) is 4.24. The predicted octanol–water partition coefficient (Wildman–Crippen LogP) is 0.0463. The van der Waals surface area contributed by atoms with Crippen LogP contribution in [0.1, 0.15) is 17.3 Å². The smallest absolute Gasteiger partial charge is 0.192 e. The van der Waals surface area contributed by atoms with E-state index in [-0.39, 0.29) is 6.04 Å². The topological polar surface area (TPSA) is 68.7 Å². The van der Waals surface area contributed by atoms with Crippen LogP contribution in [0, 0.1) is 6.92 Å². The number of methoxy groups -OCH3 is 1. The van der Waals surface area contributed by atoms with E-state index < -0.39 is 0 Å². The number of hydrogen-bond acceptors (Lipinski definition) is 5. The van der Waals surface area contributed by atoms with Crippen LogP contribution >= 0.6 is 0 Å². The normalized spacial score (nSPS) is 19.8. The fourth-order valence-corrected chi connectivity index (χ4v) is 2.20. The Kier molecular flexibility index (Phi) is 3.33. The first kappa shape index (κ1) is 11.9. The maximum absolute atomic E-state index is 5.90. The molecule has 0 aromatic carbocycles. The third-order valence-corrected chi connectivity index (χ3v) is 3.04. The molecule has 1 atom stereocenters. The van der Waals surface area contributed by atoms with Crippen LogP contribution in [0.15, 0.2) is 11.2 Å². The van der Waals surface area contributed by atoms with Crippen molar-refractivity contribution in [2.75, 3.05) is 26.8 Å². The molecule has 1 unspecified atom stereocenters. The van der Waals surface area contributed by atoms with E-state index in [0.29, 0.717) is 19.1 Å². The van der Waals surface area contributed by atoms with Crippen LogP contribution in [0.25, 0.3) is 0 Å². The van der Waals surface area contributed by atoms with Crippen LogP contribution in [0.5, 0.6) is 0 Å². The van der Waals surface area contributed by atoms with Gasteiger partial charge in [-0.2, -0.15) is 5.10 Å². The van der Waals surface area contributed by atoms with Gasteiger partial charge in [-0.25, -0.2) is 0 Å². The van der Waals surface area contributed by atoms with Gasteiger partial charge in [0.1, 0.15) is 0 Å². The fourth-order valence-electron chi connectivity index (χ4n) is 2.20. The SMILES string of the molecule is COCCN1C(N)=NCC1c1cn(C)nc1C. The minimum Gasteiger partial charge on any atom is -0.383 e. The Labute approximate surface area is 101 Å². The number of ether oxygens (including phenoxy) is 1. The van der Waals surface area contributed by atoms with Gasteiger partial charge in [-0.05, 0) is 6.92 Å². The minimum atomic E-state index is 0.193. The summed E-state index contributed by atoms with van der Waals surface area (Å²) in [5, 5.41) is 4.36. The Morgan fingerprint density at radius 1 is 1.59 bits per heavy atom. The predicted molar refractivity (Wildman–Crippen MR) is 65.8 cm³/mol. The van der Waals surface area contributed by atoms with Crippen molar-refractivity contribution in [3.8, 4) is 0 Å². The zero-order chi connectivity index (χ0) is 12.4. The standard InChI is InChI=1S/C11H19N5O/c1-8-9(7-15(2)14-8)10-6-13-11(12)16(10)4-5-17-3/h7,10H,4-6H2,1-3H3,(H2,12,13). The van der Waals surface area contributed by atoms with Gasteiger partial charge in [0.25, 0.3) is 0 Å². The third-order valence-electron chi connectivity index (χ3n) is 3.04. The third kappa shape index (κ3) is 2.26. The van der Waals surface area contributed by atoms with Crippen molar-refractivity contribution in [1.82, 2.24) is 14.7 Å². The van der Waals surface area contributed by atoms with Crippen molar-refractivity contribution < 1.29 is 4.74 Å². The molecule has 1 aromatic rings. The molecule has 1 aromatic heterocycles. The van der Waals surface area contributed by atoms with Crippen LogP contribution in [0.4, 0.5) is 0 Å². The number of rotatable bonds is 4. The Morgan fingerprint density at radius 3 is 2.94 bits per heavy atom. The molecule has 0 fully saturated rings. The van der Waals surface area contributed by atoms with Crippen molar-refractivity contribution in [2.24, 2.45) is 17.8 Å². The van der Waals surface area contributed by atoms with E-state index >= 15 is 0 Å². The lowest BCUT2D eigenvalue weighted by molar-refractivity contribution is 0.166. The first-order valence-corrected chi connectivity index (χ1v) is 5.69. The van der Waals surface area contributed by atoms with Gasteiger partial charge in [0, 0.05) is 32.5 Å². The molecule has 0 amide bonds. The molecule has 2 heterocycles. The van der Waals surface area contributed by atoms with E-state index in [0.717, 1.165) is 12.2 Å². The van der Waals surface area contributed by atoms with Gasteiger partial charge in [0.05, 0.1) is 24.9 Å². The Hall–Kier alpha value is -1.56. The summed E-state index contributed by atoms with van der Waals surface area (Å²) in [6.07, 6.45) is 2.04. The van der Waals surface area contributed by atoms with Crippen molar-refractivity contribution in [1.29, 1.82) is 0 Å². The molecule has 1 aliphatic rings. The summed E-state index contributed by atoms with van der Waals surface area (Å²) in [4.78, 5) is 6.38. The molecule has 0 aliphatic carbocycles. The van der Waals surface area contributed by atoms with Gasteiger partial charge in [0.15, 0.2) is 5.96 Å². The van der Waals surface area contributed by atoms with Gasteiger partial charge in [-0.1, -0.05) is 0 Å². The lowest BCUT2D eigenvalue weighted by Gasteiger charge is -2.25. The van der Waals surface area contributed by atoms with Crippen LogP contribution < -0.4 is 5.73 Å². The van der Waals surface area contributed by atoms with E-state index in [1.54, 1.807) is 7.11 Å². The Morgan fingerprint density at radius 2 is 2.35 bits per heavy atom. The average Bonchev–Trinajstić information content (AvgIpc) is 2.79. The highest BCUT2D eigenvalue weighted by Gasteiger charge is 2.29. The number of hydrogen-bond donors (Lipinski definition) is 1. The molecule has 0 saturated carbocycles. The highest BCUT2D eigenvalue weighted by Crippen LogP contribution is 2.26. The van der Waals surface area contributed by atoms with Crippen molar-refractivity contribution in [2.45, 2.75) is 13.0 Å². The number of guanidine groups is 1. The maximum atomic E-state index is 5.90. The number of nitrogens with two attached hydrogens (primary N) is 1. The molecule has 1 aliphatic heterocycles. The van der Waals surface area contributed by atoms with Crippen molar-refractivity contribution >= 4 is 5.96 Å². The summed E-state index contributed by atoms with van der Waals surface area (Å²) >= 11 is 0. The quantitative estimate of drug-likeness (QED) is 0.803. The van der Waals surface area contributed by atoms with Crippen LogP contribution in [0.3, 0.4) is 0 Å². The Balaban J connectivity index is 2.18. The summed E-state index contributed by atoms with van der Waals surface area (Å²) < 4.78 is 6.93. The van der Waals surface area contributed by atoms with E-state index in [9.17, 15) is 0 Å². The molecular formula is C11H19N5O. The molecule has 2 rings (SSSR count). The molecule has 0 bridgehead atoms. The second kappa shape index (κ2) is 4.75. The van der Waals surface area contributed by atoms with E-state index in [4.69, 9.17) is 10.5 Å². The maximum Gasteiger partial charge on any atom is 0.192 e. The molecule has 0 saturated heterocycles. The van der Waals surface area contributed by atoms with Gasteiger partial charge in [-0.3, -0.25) is 9.67 Å². The van der Waals surface area contributed by atoms with E-state index in [1.165, 1.54) is 5.56 Å². The zero-order valence-corrected chi connectivity index (χ0v) is 10.6. The average molecular weight is 237 g/mol. The molecule has 17 heavy (non-hydrogen) atoms. The molecule has 2 N–H and O–H groups in total. The fraction of sp³-hybridized carbons (Fsp3) is 0.636. The molecule has 0 radical (unpaired) electrons. The van der Waals surface area contributed by atoms with Crippen molar-refractivity contribution in [3.05, 3.63) is 17.5 Å². The number of nitrogens with zero attached hydrogens (tertiary/aromatic N) is 4. The van der Waals surface area contributed by atoms with Crippen LogP contribution in [0.2, 0.25) is 0 Å². The van der Waals surface area contributed by atoms with Gasteiger partial charge in [-0.15, -0.1) is 0 Å². The number of aliphatic imine (C=N–C) groups is 1. The van der Waals surface area contributed by atoms with Crippen LogP contribution in [-0.2, 0) is 11.8 Å². The number of aromatic nitrogens is 2.